The fourth-order valence-corrected chi connectivity index (χ4v) is 9.14. The number of rotatable bonds is 12. The normalized spacial score (nSPS) is 30.6. The van der Waals surface area contributed by atoms with E-state index in [1.807, 2.05) is 26.8 Å². The van der Waals surface area contributed by atoms with Crippen LogP contribution in [-0.2, 0) is 19.6 Å². The molecule has 0 amide bonds. The van der Waals surface area contributed by atoms with Crippen molar-refractivity contribution in [2.24, 2.45) is 38.9 Å². The fraction of sp³-hybridized carbons (Fsp3) is 0.848. The molecule has 1 saturated carbocycles. The van der Waals surface area contributed by atoms with E-state index in [1.165, 1.54) is 6.26 Å². The molecule has 1 N–H and O–H groups in total. The third-order valence-electron chi connectivity index (χ3n) is 11.6. The molecule has 0 radical (unpaired) electrons. The Bertz CT molecular complexity index is 1180. The Morgan fingerprint density at radius 1 is 1.07 bits per heavy atom. The number of hydrogen-bond acceptors (Lipinski definition) is 5. The van der Waals surface area contributed by atoms with Gasteiger partial charge in [-0.1, -0.05) is 74.8 Å². The molecule has 0 spiro atoms. The van der Waals surface area contributed by atoms with Crippen molar-refractivity contribution >= 4 is 21.6 Å². The Morgan fingerprint density at radius 3 is 2.10 bits per heavy atom. The lowest BCUT2D eigenvalue weighted by atomic mass is 9.39. The second-order valence-corrected chi connectivity index (χ2v) is 17.6. The third kappa shape index (κ3) is 6.92. The highest BCUT2D eigenvalue weighted by molar-refractivity contribution is 7.88. The molecule has 0 aliphatic heterocycles. The highest BCUT2D eigenvalue weighted by Gasteiger charge is 2.63. The average molecular weight is 577 g/mol. The molecule has 7 heteroatoms. The van der Waals surface area contributed by atoms with Gasteiger partial charge < -0.3 is 4.79 Å². The number of carbonyl (C=O) groups is 2. The predicted octanol–water partition coefficient (Wildman–Crippen LogP) is 7.39. The van der Waals surface area contributed by atoms with E-state index in [1.54, 1.807) is 6.92 Å². The molecule has 0 heterocycles. The predicted molar refractivity (Wildman–Crippen MR) is 163 cm³/mol. The summed E-state index contributed by atoms with van der Waals surface area (Å²) in [5, 5.41) is 9.89. The van der Waals surface area contributed by atoms with E-state index in [0.717, 1.165) is 38.5 Å². The highest BCUT2D eigenvalue weighted by Crippen LogP contribution is 2.68. The Labute approximate surface area is 245 Å². The lowest BCUT2D eigenvalue weighted by Crippen LogP contribution is -2.60. The second kappa shape index (κ2) is 11.3. The maximum Gasteiger partial charge on any atom is 0.209 e. The van der Waals surface area contributed by atoms with Crippen molar-refractivity contribution in [3.05, 3.63) is 11.6 Å². The standard InChI is InChI=1S/C33H56N2O4S/c1-13-28(3,4)16-18-31(9,35-40(12,38)39)19-17-29(5,6)33(11)15-14-25-30(7,8)27(37)24(22-34)21-32(25,10)26(33)20-23(2)36/h21,25-26,35H,13-20H2,1-12H3/t25-,26?,31-,32-,33+/m0/s1. The van der Waals surface area contributed by atoms with E-state index in [0.29, 0.717) is 12.8 Å². The minimum atomic E-state index is -3.41. The van der Waals surface area contributed by atoms with Crippen molar-refractivity contribution in [2.75, 3.05) is 6.26 Å². The number of allylic oxidation sites excluding steroid dienone is 2. The van der Waals surface area contributed by atoms with Gasteiger partial charge in [0.2, 0.25) is 10.0 Å². The van der Waals surface area contributed by atoms with Gasteiger partial charge in [0, 0.05) is 17.4 Å². The Hall–Kier alpha value is -1.52. The van der Waals surface area contributed by atoms with Crippen molar-refractivity contribution in [3.63, 3.8) is 0 Å². The monoisotopic (exact) mass is 576 g/mol. The van der Waals surface area contributed by atoms with Crippen LogP contribution < -0.4 is 4.72 Å². The maximum atomic E-state index is 13.2. The number of hydrogen-bond donors (Lipinski definition) is 1. The van der Waals surface area contributed by atoms with Gasteiger partial charge >= 0.3 is 0 Å². The van der Waals surface area contributed by atoms with Crippen molar-refractivity contribution < 1.29 is 18.0 Å². The molecule has 2 aliphatic rings. The van der Waals surface area contributed by atoms with Gasteiger partial charge in [0.1, 0.15) is 11.9 Å². The molecular weight excluding hydrogens is 520 g/mol. The Balaban J connectivity index is 2.54. The summed E-state index contributed by atoms with van der Waals surface area (Å²) in [6.45, 7) is 23.2. The maximum absolute atomic E-state index is 13.2. The van der Waals surface area contributed by atoms with Gasteiger partial charge in [0.05, 0.1) is 11.8 Å². The molecule has 2 aliphatic carbocycles. The third-order valence-corrected chi connectivity index (χ3v) is 12.4. The van der Waals surface area contributed by atoms with E-state index in [4.69, 9.17) is 0 Å². The first-order valence-corrected chi connectivity index (χ1v) is 16.9. The first kappa shape index (κ1) is 34.7. The quantitative estimate of drug-likeness (QED) is 0.261. The van der Waals surface area contributed by atoms with Crippen LogP contribution in [0.4, 0.5) is 0 Å². The molecule has 0 aromatic heterocycles. The Kier molecular flexibility index (Phi) is 9.78. The van der Waals surface area contributed by atoms with E-state index >= 15 is 0 Å². The molecule has 2 rings (SSSR count). The van der Waals surface area contributed by atoms with E-state index in [-0.39, 0.29) is 45.2 Å². The molecule has 6 nitrogen and oxygen atoms in total. The molecule has 0 bridgehead atoms. The lowest BCUT2D eigenvalue weighted by Gasteiger charge is -2.64. The average Bonchev–Trinajstić information content (AvgIpc) is 2.80. The molecule has 0 aromatic rings. The number of nitrogens with one attached hydrogen (secondary N) is 1. The zero-order chi connectivity index (χ0) is 31.2. The number of carbonyl (C=O) groups excluding carboxylic acids is 2. The zero-order valence-corrected chi connectivity index (χ0v) is 28.2. The van der Waals surface area contributed by atoms with Gasteiger partial charge in [0.15, 0.2) is 5.78 Å². The van der Waals surface area contributed by atoms with Crippen LogP contribution in [0, 0.1) is 50.2 Å². The van der Waals surface area contributed by atoms with Crippen molar-refractivity contribution in [2.45, 2.75) is 133 Å². The molecule has 0 aromatic carbocycles. The minimum Gasteiger partial charge on any atom is -0.300 e. The molecule has 40 heavy (non-hydrogen) atoms. The van der Waals surface area contributed by atoms with E-state index in [2.05, 4.69) is 59.3 Å². The minimum absolute atomic E-state index is 0.0336. The number of nitrogens with zero attached hydrogens (tertiary/aromatic N) is 1. The van der Waals surface area contributed by atoms with Gasteiger partial charge in [0.25, 0.3) is 0 Å². The summed E-state index contributed by atoms with van der Waals surface area (Å²) in [6.07, 6.45) is 9.36. The number of nitriles is 1. The summed E-state index contributed by atoms with van der Waals surface area (Å²) in [5.41, 5.74) is -1.94. The van der Waals surface area contributed by atoms with Gasteiger partial charge in [-0.15, -0.1) is 0 Å². The summed E-state index contributed by atoms with van der Waals surface area (Å²) in [5.74, 6) is -0.0122. The van der Waals surface area contributed by atoms with Gasteiger partial charge in [-0.2, -0.15) is 5.26 Å². The van der Waals surface area contributed by atoms with Crippen molar-refractivity contribution in [1.29, 1.82) is 5.26 Å². The van der Waals surface area contributed by atoms with Gasteiger partial charge in [-0.3, -0.25) is 4.79 Å². The number of Topliss-reactive ketones (excluding diaryl/α,β-unsaturated/α-hetero) is 2. The first-order chi connectivity index (χ1) is 17.9. The summed E-state index contributed by atoms with van der Waals surface area (Å²) in [7, 11) is -3.41. The number of ketones is 2. The SMILES string of the molecule is CCC(C)(C)CC[C@@](C)(CCC(C)(C)[C@]1(C)CC[C@H]2C(C)(C)C(=O)C(C#N)=C[C@]2(C)C1CC(C)=O)NS(C)(=O)=O. The van der Waals surface area contributed by atoms with Crippen molar-refractivity contribution in [3.8, 4) is 6.07 Å². The van der Waals surface area contributed by atoms with E-state index in [9.17, 15) is 23.3 Å². The van der Waals surface area contributed by atoms with Crippen molar-refractivity contribution in [1.82, 2.24) is 4.72 Å². The summed E-state index contributed by atoms with van der Waals surface area (Å²) in [6, 6.07) is 2.17. The lowest BCUT2D eigenvalue weighted by molar-refractivity contribution is -0.155. The summed E-state index contributed by atoms with van der Waals surface area (Å²) >= 11 is 0. The van der Waals surface area contributed by atoms with Crippen LogP contribution in [0.15, 0.2) is 11.6 Å². The first-order valence-electron chi connectivity index (χ1n) is 15.1. The Morgan fingerprint density at radius 2 is 1.62 bits per heavy atom. The largest absolute Gasteiger partial charge is 0.300 e. The molecule has 1 unspecified atom stereocenters. The fourth-order valence-electron chi connectivity index (χ4n) is 8.05. The van der Waals surface area contributed by atoms with Gasteiger partial charge in [-0.05, 0) is 85.9 Å². The highest BCUT2D eigenvalue weighted by atomic mass is 32.2. The van der Waals surface area contributed by atoms with Crippen LogP contribution in [-0.4, -0.2) is 31.8 Å². The van der Waals surface area contributed by atoms with Crippen LogP contribution in [0.2, 0.25) is 0 Å². The van der Waals surface area contributed by atoms with Crippen LogP contribution >= 0.6 is 0 Å². The second-order valence-electron chi connectivity index (χ2n) is 15.9. The molecule has 5 atom stereocenters. The molecule has 0 saturated heterocycles. The van der Waals surface area contributed by atoms with Crippen LogP contribution in [0.1, 0.15) is 128 Å². The van der Waals surface area contributed by atoms with Gasteiger partial charge in [-0.25, -0.2) is 13.1 Å². The summed E-state index contributed by atoms with van der Waals surface area (Å²) in [4.78, 5) is 26.0. The van der Waals surface area contributed by atoms with Crippen LogP contribution in [0.3, 0.4) is 0 Å². The number of fused-ring (bicyclic) bond motifs is 1. The van der Waals surface area contributed by atoms with E-state index < -0.39 is 26.4 Å². The zero-order valence-electron chi connectivity index (χ0n) is 27.4. The number of sulfonamides is 1. The molecule has 1 fully saturated rings. The molecular formula is C33H56N2O4S. The molecule has 228 valence electrons. The van der Waals surface area contributed by atoms with Crippen LogP contribution in [0.5, 0.6) is 0 Å². The summed E-state index contributed by atoms with van der Waals surface area (Å²) < 4.78 is 27.9. The smallest absolute Gasteiger partial charge is 0.209 e. The topological polar surface area (TPSA) is 104 Å². The van der Waals surface area contributed by atoms with Crippen LogP contribution in [0.25, 0.3) is 0 Å².